The highest BCUT2D eigenvalue weighted by atomic mass is 14.6. The fraction of sp³-hybridized carbons (Fsp3) is 0.771. The number of hydrogen-bond acceptors (Lipinski definition) is 0. The number of fused-ring (bicyclic) bond motifs is 1. The maximum absolute atomic E-state index is 2.78. The van der Waals surface area contributed by atoms with Crippen LogP contribution in [-0.2, 0) is 0 Å². The van der Waals surface area contributed by atoms with Gasteiger partial charge in [0.15, 0.2) is 0 Å². The average molecular weight is 479 g/mol. The van der Waals surface area contributed by atoms with E-state index in [1.807, 2.05) is 0 Å². The molecule has 198 valence electrons. The molecule has 0 radical (unpaired) electrons. The second-order valence-electron chi connectivity index (χ2n) is 17.4. The Hall–Kier alpha value is -1.04. The topological polar surface area (TPSA) is 0 Å². The van der Waals surface area contributed by atoms with E-state index in [-0.39, 0.29) is 37.9 Å². The lowest BCUT2D eigenvalue weighted by atomic mass is 9.52. The van der Waals surface area contributed by atoms with E-state index < -0.39 is 0 Å². The van der Waals surface area contributed by atoms with Crippen molar-refractivity contribution in [2.24, 2.45) is 49.7 Å². The van der Waals surface area contributed by atoms with Crippen LogP contribution in [0.15, 0.2) is 46.6 Å². The summed E-state index contributed by atoms with van der Waals surface area (Å²) in [6.45, 7) is 39.1. The van der Waals surface area contributed by atoms with Gasteiger partial charge in [0.2, 0.25) is 0 Å². The number of rotatable bonds is 0. The largest absolute Gasteiger partial charge is 0.0730 e. The van der Waals surface area contributed by atoms with Crippen molar-refractivity contribution < 1.29 is 0 Å². The summed E-state index contributed by atoms with van der Waals surface area (Å²) in [6, 6.07) is 0. The summed E-state index contributed by atoms with van der Waals surface area (Å²) in [5, 5.41) is 0. The second kappa shape index (κ2) is 7.98. The lowest BCUT2D eigenvalue weighted by Crippen LogP contribution is -2.42. The van der Waals surface area contributed by atoms with Crippen molar-refractivity contribution in [3.63, 3.8) is 0 Å². The summed E-state index contributed by atoms with van der Waals surface area (Å²) >= 11 is 0. The zero-order valence-corrected chi connectivity index (χ0v) is 26.4. The molecule has 2 spiro atoms. The van der Waals surface area contributed by atoms with Crippen LogP contribution in [0.2, 0.25) is 0 Å². The van der Waals surface area contributed by atoms with Crippen molar-refractivity contribution in [2.45, 2.75) is 124 Å². The Morgan fingerprint density at radius 1 is 0.486 bits per heavy atom. The van der Waals surface area contributed by atoms with Gasteiger partial charge in [-0.2, -0.15) is 0 Å². The Labute approximate surface area is 219 Å². The molecule has 0 aromatic rings. The fourth-order valence-electron chi connectivity index (χ4n) is 8.21. The van der Waals surface area contributed by atoms with E-state index in [9.17, 15) is 0 Å². The summed E-state index contributed by atoms with van der Waals surface area (Å²) in [4.78, 5) is 0. The minimum atomic E-state index is 0.0153. The third-order valence-electron chi connectivity index (χ3n) is 9.39. The van der Waals surface area contributed by atoms with Gasteiger partial charge in [0.1, 0.15) is 0 Å². The molecule has 0 aliphatic heterocycles. The molecule has 0 N–H and O–H groups in total. The van der Waals surface area contributed by atoms with Crippen LogP contribution in [0.3, 0.4) is 0 Å². The molecule has 0 atom stereocenters. The van der Waals surface area contributed by atoms with E-state index in [2.05, 4.69) is 135 Å². The highest BCUT2D eigenvalue weighted by molar-refractivity contribution is 5.49. The maximum atomic E-state index is 2.78. The third-order valence-corrected chi connectivity index (χ3v) is 9.39. The van der Waals surface area contributed by atoms with Crippen molar-refractivity contribution in [2.75, 3.05) is 0 Å². The van der Waals surface area contributed by atoms with E-state index >= 15 is 0 Å². The Kier molecular flexibility index (Phi) is 6.50. The molecule has 1 saturated carbocycles. The van der Waals surface area contributed by atoms with Gasteiger partial charge >= 0.3 is 0 Å². The molecule has 0 heterocycles. The normalized spacial score (nSPS) is 34.1. The smallest absolute Gasteiger partial charge is 0.0198 e. The minimum absolute atomic E-state index is 0.0153. The van der Waals surface area contributed by atoms with Crippen LogP contribution < -0.4 is 0 Å². The predicted octanol–water partition coefficient (Wildman–Crippen LogP) is 11.0. The standard InChI is InChI=1S/C35H58/c1-23-25(29(3,4)5)17-34(18-26(23)30(6,7)8)21-33(15,16)22-35(34)19-27(31(9,10)11)24(2)28(20-35)32(12,13)14/h17-20,23-24H,21-22H2,1-16H3. The zero-order valence-electron chi connectivity index (χ0n) is 26.4. The van der Waals surface area contributed by atoms with Gasteiger partial charge in [-0.05, 0) is 51.8 Å². The molecular weight excluding hydrogens is 420 g/mol. The van der Waals surface area contributed by atoms with Gasteiger partial charge in [0.25, 0.3) is 0 Å². The van der Waals surface area contributed by atoms with Gasteiger partial charge in [-0.25, -0.2) is 0 Å². The Bertz CT molecular complexity index is 829. The Morgan fingerprint density at radius 2 is 0.686 bits per heavy atom. The molecule has 3 aliphatic carbocycles. The van der Waals surface area contributed by atoms with Crippen molar-refractivity contribution in [1.82, 2.24) is 0 Å². The summed E-state index contributed by atoms with van der Waals surface area (Å²) in [5.41, 5.74) is 7.46. The van der Waals surface area contributed by atoms with Crippen LogP contribution in [0, 0.1) is 49.7 Å². The van der Waals surface area contributed by atoms with Gasteiger partial charge in [-0.15, -0.1) is 0 Å². The van der Waals surface area contributed by atoms with E-state index in [4.69, 9.17) is 0 Å². The van der Waals surface area contributed by atoms with Crippen LogP contribution in [-0.4, -0.2) is 0 Å². The minimum Gasteiger partial charge on any atom is -0.0730 e. The van der Waals surface area contributed by atoms with Crippen molar-refractivity contribution >= 4 is 0 Å². The summed E-state index contributed by atoms with van der Waals surface area (Å²) < 4.78 is 0. The second-order valence-corrected chi connectivity index (χ2v) is 17.4. The van der Waals surface area contributed by atoms with Crippen LogP contribution in [0.1, 0.15) is 124 Å². The quantitative estimate of drug-likeness (QED) is 0.304. The van der Waals surface area contributed by atoms with Crippen molar-refractivity contribution in [3.8, 4) is 0 Å². The molecule has 0 unspecified atom stereocenters. The predicted molar refractivity (Wildman–Crippen MR) is 156 cm³/mol. The summed E-state index contributed by atoms with van der Waals surface area (Å²) in [5.74, 6) is 0.974. The maximum Gasteiger partial charge on any atom is 0.0198 e. The van der Waals surface area contributed by atoms with Crippen LogP contribution in [0.4, 0.5) is 0 Å². The highest BCUT2D eigenvalue weighted by Gasteiger charge is 2.60. The molecule has 35 heavy (non-hydrogen) atoms. The molecule has 0 aromatic heterocycles. The van der Waals surface area contributed by atoms with Gasteiger partial charge < -0.3 is 0 Å². The first-order chi connectivity index (χ1) is 15.4. The van der Waals surface area contributed by atoms with Gasteiger partial charge in [0, 0.05) is 10.8 Å². The molecule has 0 amide bonds. The van der Waals surface area contributed by atoms with Gasteiger partial charge in [0.05, 0.1) is 0 Å². The SMILES string of the molecule is CC1C(C(C)(C)C)=CC2(C=C1C(C)(C)C)CC(C)(C)CC21C=C(C(C)(C)C)C(C)C(C(C)(C)C)=C1. The van der Waals surface area contributed by atoms with E-state index in [1.54, 1.807) is 22.3 Å². The lowest BCUT2D eigenvalue weighted by Gasteiger charge is -2.52. The van der Waals surface area contributed by atoms with Crippen LogP contribution in [0.5, 0.6) is 0 Å². The average Bonchev–Trinajstić information content (AvgIpc) is 2.80. The third kappa shape index (κ3) is 4.94. The van der Waals surface area contributed by atoms with E-state index in [0.717, 1.165) is 0 Å². The molecule has 0 aromatic carbocycles. The molecule has 3 rings (SSSR count). The highest BCUT2D eigenvalue weighted by Crippen LogP contribution is 2.69. The fourth-order valence-corrected chi connectivity index (χ4v) is 8.21. The Balaban J connectivity index is 2.49. The van der Waals surface area contributed by atoms with Crippen molar-refractivity contribution in [1.29, 1.82) is 0 Å². The van der Waals surface area contributed by atoms with E-state index in [1.165, 1.54) is 12.8 Å². The Morgan fingerprint density at radius 3 is 0.857 bits per heavy atom. The summed E-state index contributed by atoms with van der Waals surface area (Å²) in [7, 11) is 0. The molecule has 1 fully saturated rings. The number of hydrogen-bond donors (Lipinski definition) is 0. The van der Waals surface area contributed by atoms with Crippen LogP contribution >= 0.6 is 0 Å². The molecule has 0 bridgehead atoms. The molecular formula is C35H58. The molecule has 3 aliphatic rings. The summed E-state index contributed by atoms with van der Waals surface area (Å²) in [6.07, 6.45) is 13.6. The first-order valence-electron chi connectivity index (χ1n) is 14.3. The lowest BCUT2D eigenvalue weighted by molar-refractivity contribution is 0.255. The molecule has 0 heteroatoms. The number of allylic oxidation sites excluding steroid dienone is 8. The van der Waals surface area contributed by atoms with Crippen LogP contribution in [0.25, 0.3) is 0 Å². The van der Waals surface area contributed by atoms with Crippen molar-refractivity contribution in [3.05, 3.63) is 46.6 Å². The van der Waals surface area contributed by atoms with Gasteiger partial charge in [-0.3, -0.25) is 0 Å². The molecule has 0 nitrogen and oxygen atoms in total. The molecule has 0 saturated heterocycles. The van der Waals surface area contributed by atoms with Gasteiger partial charge in [-0.1, -0.05) is 157 Å². The first kappa shape index (κ1) is 28.5. The van der Waals surface area contributed by atoms with E-state index in [0.29, 0.717) is 11.8 Å². The zero-order chi connectivity index (χ0) is 27.2. The first-order valence-corrected chi connectivity index (χ1v) is 14.3. The monoisotopic (exact) mass is 478 g/mol.